The maximum Gasteiger partial charge on any atom is 0.308 e. The smallest absolute Gasteiger partial charge is 0.308 e. The van der Waals surface area contributed by atoms with Gasteiger partial charge in [-0.25, -0.2) is 0 Å². The molecule has 1 aromatic carbocycles. The monoisotopic (exact) mass is 290 g/mol. The van der Waals surface area contributed by atoms with E-state index in [1.807, 2.05) is 0 Å². The molecule has 4 atom stereocenters. The Labute approximate surface area is 120 Å². The molecule has 2 N–H and O–H groups in total. The van der Waals surface area contributed by atoms with Gasteiger partial charge >= 0.3 is 11.9 Å². The highest BCUT2D eigenvalue weighted by Gasteiger charge is 2.56. The predicted molar refractivity (Wildman–Crippen MR) is 70.4 cm³/mol. The molecule has 6 nitrogen and oxygen atoms in total. The molecule has 0 amide bonds. The van der Waals surface area contributed by atoms with E-state index < -0.39 is 35.6 Å². The molecule has 2 bridgehead atoms. The predicted octanol–water partition coefficient (Wildman–Crippen LogP) is 1.25. The minimum Gasteiger partial charge on any atom is -0.497 e. The number of ether oxygens (including phenoxy) is 1. The van der Waals surface area contributed by atoms with Gasteiger partial charge in [-0.3, -0.25) is 14.4 Å². The van der Waals surface area contributed by atoms with Gasteiger partial charge in [0.15, 0.2) is 0 Å². The number of carboxylic acid groups (broad SMARTS) is 2. The van der Waals surface area contributed by atoms with Crippen LogP contribution in [-0.4, -0.2) is 35.0 Å². The maximum atomic E-state index is 12.2. The molecule has 1 saturated carbocycles. The van der Waals surface area contributed by atoms with E-state index >= 15 is 0 Å². The van der Waals surface area contributed by atoms with E-state index in [2.05, 4.69) is 0 Å². The largest absolute Gasteiger partial charge is 0.497 e. The second kappa shape index (κ2) is 4.58. The van der Waals surface area contributed by atoms with Crippen molar-refractivity contribution in [2.45, 2.75) is 18.3 Å². The fourth-order valence-corrected chi connectivity index (χ4v) is 3.71. The standard InChI is InChI=1S/C15H14O6/c1-21-6-2-3-7-8(4-6)11-10(16)5-9(7)12(14(17)18)13(11)15(19)20/h2-4,9,11-13H,5H2,1H3,(H,17,18)(H,19,20). The second-order valence-corrected chi connectivity index (χ2v) is 5.48. The molecule has 0 heterocycles. The Morgan fingerprint density at radius 2 is 1.81 bits per heavy atom. The summed E-state index contributed by atoms with van der Waals surface area (Å²) in [4.78, 5) is 35.2. The first kappa shape index (κ1) is 13.6. The number of hydrogen-bond acceptors (Lipinski definition) is 4. The Balaban J connectivity index is 2.21. The van der Waals surface area contributed by atoms with Crippen molar-refractivity contribution in [1.82, 2.24) is 0 Å². The van der Waals surface area contributed by atoms with E-state index in [1.165, 1.54) is 7.11 Å². The van der Waals surface area contributed by atoms with Crippen molar-refractivity contribution in [3.8, 4) is 5.75 Å². The average molecular weight is 290 g/mol. The van der Waals surface area contributed by atoms with Gasteiger partial charge in [-0.15, -0.1) is 0 Å². The van der Waals surface area contributed by atoms with E-state index in [-0.39, 0.29) is 12.2 Å². The van der Waals surface area contributed by atoms with Crippen molar-refractivity contribution in [3.05, 3.63) is 29.3 Å². The molecule has 3 aliphatic rings. The third-order valence-electron chi connectivity index (χ3n) is 4.55. The fraction of sp³-hybridized carbons (Fsp3) is 0.400. The van der Waals surface area contributed by atoms with E-state index in [9.17, 15) is 24.6 Å². The van der Waals surface area contributed by atoms with Gasteiger partial charge in [-0.1, -0.05) is 6.07 Å². The molecule has 110 valence electrons. The normalized spacial score (nSPS) is 29.9. The molecule has 0 radical (unpaired) electrons. The number of methoxy groups -OCH3 is 1. The van der Waals surface area contributed by atoms with Crippen LogP contribution in [0.5, 0.6) is 5.75 Å². The van der Waals surface area contributed by atoms with Crippen molar-refractivity contribution in [1.29, 1.82) is 0 Å². The Morgan fingerprint density at radius 1 is 1.14 bits per heavy atom. The van der Waals surface area contributed by atoms with E-state index in [4.69, 9.17) is 4.74 Å². The molecular weight excluding hydrogens is 276 g/mol. The summed E-state index contributed by atoms with van der Waals surface area (Å²) in [6.07, 6.45) is 0.0880. The summed E-state index contributed by atoms with van der Waals surface area (Å²) in [5.74, 6) is -5.83. The SMILES string of the molecule is COc1ccc2c(c1)C1C(=O)CC2C(C(=O)O)C1C(=O)O. The molecule has 0 spiro atoms. The Hall–Kier alpha value is -2.37. The van der Waals surface area contributed by atoms with Crippen LogP contribution in [0.4, 0.5) is 0 Å². The number of ketones is 1. The van der Waals surface area contributed by atoms with Gasteiger partial charge < -0.3 is 14.9 Å². The Kier molecular flexibility index (Phi) is 2.97. The molecule has 1 aromatic rings. The highest BCUT2D eigenvalue weighted by atomic mass is 16.5. The first-order valence-electron chi connectivity index (χ1n) is 6.62. The number of fused-ring (bicyclic) bond motifs is 2. The molecule has 3 aliphatic carbocycles. The molecule has 6 heteroatoms. The van der Waals surface area contributed by atoms with Crippen LogP contribution in [0, 0.1) is 11.8 Å². The zero-order valence-corrected chi connectivity index (χ0v) is 11.3. The highest BCUT2D eigenvalue weighted by molar-refractivity contribution is 5.98. The summed E-state index contributed by atoms with van der Waals surface area (Å²) in [6.45, 7) is 0. The van der Waals surface area contributed by atoms with Crippen molar-refractivity contribution < 1.29 is 29.3 Å². The van der Waals surface area contributed by atoms with Gasteiger partial charge in [0.2, 0.25) is 0 Å². The topological polar surface area (TPSA) is 101 Å². The van der Waals surface area contributed by atoms with Crippen molar-refractivity contribution >= 4 is 17.7 Å². The van der Waals surface area contributed by atoms with Crippen LogP contribution in [-0.2, 0) is 14.4 Å². The van der Waals surface area contributed by atoms with Gasteiger partial charge in [0.1, 0.15) is 11.5 Å². The van der Waals surface area contributed by atoms with E-state index in [0.717, 1.165) is 5.56 Å². The number of Topliss-reactive ketones (excluding diaryl/α,β-unsaturated/α-hetero) is 1. The molecule has 0 aliphatic heterocycles. The van der Waals surface area contributed by atoms with Crippen LogP contribution >= 0.6 is 0 Å². The average Bonchev–Trinajstić information content (AvgIpc) is 2.45. The lowest BCUT2D eigenvalue weighted by atomic mass is 9.55. The number of aliphatic carboxylic acids is 2. The summed E-state index contributed by atoms with van der Waals surface area (Å²) in [5.41, 5.74) is 1.35. The number of carbonyl (C=O) groups is 3. The van der Waals surface area contributed by atoms with Crippen LogP contribution < -0.4 is 4.74 Å². The second-order valence-electron chi connectivity index (χ2n) is 5.48. The van der Waals surface area contributed by atoms with Gasteiger partial charge in [-0.2, -0.15) is 0 Å². The number of carbonyl (C=O) groups excluding carboxylic acids is 1. The number of carboxylic acids is 2. The minimum atomic E-state index is -1.24. The van der Waals surface area contributed by atoms with Gasteiger partial charge in [0, 0.05) is 12.3 Å². The lowest BCUT2D eigenvalue weighted by Gasteiger charge is -2.45. The molecule has 0 aromatic heterocycles. The van der Waals surface area contributed by atoms with Crippen molar-refractivity contribution in [3.63, 3.8) is 0 Å². The first-order valence-corrected chi connectivity index (χ1v) is 6.62. The summed E-state index contributed by atoms with van der Waals surface area (Å²) in [7, 11) is 1.49. The van der Waals surface area contributed by atoms with Crippen LogP contribution in [0.25, 0.3) is 0 Å². The lowest BCUT2D eigenvalue weighted by molar-refractivity contribution is -0.160. The quantitative estimate of drug-likeness (QED) is 0.868. The zero-order chi connectivity index (χ0) is 15.3. The Morgan fingerprint density at radius 3 is 2.38 bits per heavy atom. The van der Waals surface area contributed by atoms with E-state index in [0.29, 0.717) is 11.3 Å². The summed E-state index contributed by atoms with van der Waals surface area (Å²) in [5, 5.41) is 18.8. The fourth-order valence-electron chi connectivity index (χ4n) is 3.71. The van der Waals surface area contributed by atoms with Crippen molar-refractivity contribution in [2.24, 2.45) is 11.8 Å². The van der Waals surface area contributed by atoms with Gasteiger partial charge in [0.05, 0.1) is 24.9 Å². The number of benzene rings is 1. The van der Waals surface area contributed by atoms with Crippen LogP contribution in [0.2, 0.25) is 0 Å². The summed E-state index contributed by atoms with van der Waals surface area (Å²) < 4.78 is 5.12. The van der Waals surface area contributed by atoms with Gasteiger partial charge in [0.25, 0.3) is 0 Å². The third-order valence-corrected chi connectivity index (χ3v) is 4.55. The van der Waals surface area contributed by atoms with Crippen LogP contribution in [0.15, 0.2) is 18.2 Å². The lowest BCUT2D eigenvalue weighted by Crippen LogP contribution is -2.49. The summed E-state index contributed by atoms with van der Waals surface area (Å²) in [6, 6.07) is 5.10. The third kappa shape index (κ3) is 1.82. The minimum absolute atomic E-state index is 0.0880. The van der Waals surface area contributed by atoms with Gasteiger partial charge in [-0.05, 0) is 23.3 Å². The molecule has 0 saturated heterocycles. The summed E-state index contributed by atoms with van der Waals surface area (Å²) >= 11 is 0. The van der Waals surface area contributed by atoms with Crippen LogP contribution in [0.3, 0.4) is 0 Å². The van der Waals surface area contributed by atoms with Crippen LogP contribution in [0.1, 0.15) is 29.4 Å². The van der Waals surface area contributed by atoms with Crippen molar-refractivity contribution in [2.75, 3.05) is 7.11 Å². The molecule has 4 unspecified atom stereocenters. The van der Waals surface area contributed by atoms with E-state index in [1.54, 1.807) is 18.2 Å². The first-order chi connectivity index (χ1) is 9.95. The molecule has 21 heavy (non-hydrogen) atoms. The molecule has 4 rings (SSSR count). The number of rotatable bonds is 3. The maximum absolute atomic E-state index is 12.2. The molecular formula is C15H14O6. The highest BCUT2D eigenvalue weighted by Crippen LogP contribution is 2.54. The Bertz CT molecular complexity index is 650. The zero-order valence-electron chi connectivity index (χ0n) is 11.3. The number of hydrogen-bond donors (Lipinski definition) is 2. The molecule has 1 fully saturated rings.